The van der Waals surface area contributed by atoms with Crippen LogP contribution in [0.2, 0.25) is 0 Å². The largest absolute Gasteiger partial charge is 0.289 e. The lowest BCUT2D eigenvalue weighted by Gasteiger charge is -2.00. The normalized spacial score (nSPS) is 11.2. The molecular formula is C17H15N5O. The van der Waals surface area contributed by atoms with Crippen LogP contribution >= 0.6 is 0 Å². The van der Waals surface area contributed by atoms with Crippen LogP contribution in [0.5, 0.6) is 0 Å². The number of nitrogens with one attached hydrogen (secondary N) is 2. The van der Waals surface area contributed by atoms with E-state index in [1.54, 1.807) is 12.3 Å². The molecule has 3 heterocycles. The minimum absolute atomic E-state index is 0.151. The fourth-order valence-electron chi connectivity index (χ4n) is 2.77. The smallest absolute Gasteiger partial charge is 0.273 e. The summed E-state index contributed by atoms with van der Waals surface area (Å²) in [6, 6.07) is 11.4. The lowest BCUT2D eigenvalue weighted by molar-refractivity contribution is 0.903. The summed E-state index contributed by atoms with van der Waals surface area (Å²) in [5.41, 5.74) is 5.83. The topological polar surface area (TPSA) is 78.8 Å². The quantitative estimate of drug-likeness (QED) is 0.597. The molecule has 0 fully saturated rings. The fraction of sp³-hybridized carbons (Fsp3) is 0.118. The van der Waals surface area contributed by atoms with E-state index >= 15 is 0 Å². The summed E-state index contributed by atoms with van der Waals surface area (Å²) in [7, 11) is 0. The molecule has 0 saturated heterocycles. The number of nitrogens with zero attached hydrogens (tertiary/aromatic N) is 3. The second-order valence-corrected chi connectivity index (χ2v) is 5.59. The van der Waals surface area contributed by atoms with Crippen LogP contribution in [0.1, 0.15) is 11.1 Å². The van der Waals surface area contributed by atoms with E-state index in [2.05, 4.69) is 26.3 Å². The number of aromatic amines is 2. The summed E-state index contributed by atoms with van der Waals surface area (Å²) in [5, 5.41) is 9.92. The van der Waals surface area contributed by atoms with Crippen molar-refractivity contribution in [3.8, 4) is 22.6 Å². The molecule has 4 rings (SSSR count). The Morgan fingerprint density at radius 3 is 2.74 bits per heavy atom. The van der Waals surface area contributed by atoms with Gasteiger partial charge in [-0.2, -0.15) is 5.10 Å². The Labute approximate surface area is 131 Å². The van der Waals surface area contributed by atoms with Gasteiger partial charge in [0, 0.05) is 23.4 Å². The van der Waals surface area contributed by atoms with Gasteiger partial charge in [-0.05, 0) is 26.0 Å². The third-order valence-corrected chi connectivity index (χ3v) is 3.94. The summed E-state index contributed by atoms with van der Waals surface area (Å²) in [4.78, 5) is 17.0. The number of benzene rings is 1. The Bertz CT molecular complexity index is 1060. The van der Waals surface area contributed by atoms with Gasteiger partial charge in [0.05, 0.1) is 17.1 Å². The molecule has 0 aliphatic carbocycles. The molecule has 0 amide bonds. The van der Waals surface area contributed by atoms with Gasteiger partial charge in [0.1, 0.15) is 0 Å². The SMILES string of the molecule is Cc1cccc(-c2[nH]n3c(=O)cc(-c4ccn[nH]4)nc3c2C)c1. The van der Waals surface area contributed by atoms with E-state index in [0.29, 0.717) is 11.3 Å². The highest BCUT2D eigenvalue weighted by atomic mass is 16.1. The van der Waals surface area contributed by atoms with E-state index in [1.807, 2.05) is 32.0 Å². The maximum absolute atomic E-state index is 12.4. The third-order valence-electron chi connectivity index (χ3n) is 3.94. The number of aryl methyl sites for hydroxylation is 2. The number of aromatic nitrogens is 5. The van der Waals surface area contributed by atoms with Gasteiger partial charge in [-0.25, -0.2) is 9.50 Å². The molecule has 0 aliphatic rings. The molecule has 0 aliphatic heterocycles. The first-order valence-electron chi connectivity index (χ1n) is 7.32. The van der Waals surface area contributed by atoms with Gasteiger partial charge in [0.15, 0.2) is 5.65 Å². The minimum atomic E-state index is -0.151. The fourth-order valence-corrected chi connectivity index (χ4v) is 2.77. The second kappa shape index (κ2) is 4.95. The van der Waals surface area contributed by atoms with Crippen LogP contribution in [0.3, 0.4) is 0 Å². The monoisotopic (exact) mass is 305 g/mol. The average molecular weight is 305 g/mol. The van der Waals surface area contributed by atoms with Gasteiger partial charge in [-0.1, -0.05) is 23.8 Å². The van der Waals surface area contributed by atoms with Gasteiger partial charge in [-0.3, -0.25) is 15.0 Å². The van der Waals surface area contributed by atoms with Crippen molar-refractivity contribution in [1.82, 2.24) is 24.8 Å². The van der Waals surface area contributed by atoms with Crippen LogP contribution < -0.4 is 5.56 Å². The van der Waals surface area contributed by atoms with Gasteiger partial charge < -0.3 is 0 Å². The van der Waals surface area contributed by atoms with E-state index < -0.39 is 0 Å². The van der Waals surface area contributed by atoms with E-state index in [-0.39, 0.29) is 5.56 Å². The molecule has 0 unspecified atom stereocenters. The summed E-state index contributed by atoms with van der Waals surface area (Å²) in [5.74, 6) is 0. The van der Waals surface area contributed by atoms with Crippen molar-refractivity contribution in [1.29, 1.82) is 0 Å². The highest BCUT2D eigenvalue weighted by Crippen LogP contribution is 2.25. The predicted molar refractivity (Wildman–Crippen MR) is 88.3 cm³/mol. The van der Waals surface area contributed by atoms with Gasteiger partial charge in [0.25, 0.3) is 5.56 Å². The molecular weight excluding hydrogens is 290 g/mol. The summed E-state index contributed by atoms with van der Waals surface area (Å²) >= 11 is 0. The number of rotatable bonds is 2. The Balaban J connectivity index is 1.98. The van der Waals surface area contributed by atoms with Crippen molar-refractivity contribution < 1.29 is 0 Å². The lowest BCUT2D eigenvalue weighted by Crippen LogP contribution is -2.14. The van der Waals surface area contributed by atoms with Crippen LogP contribution in [0.4, 0.5) is 0 Å². The van der Waals surface area contributed by atoms with Gasteiger partial charge in [0.2, 0.25) is 0 Å². The first kappa shape index (κ1) is 13.5. The zero-order valence-electron chi connectivity index (χ0n) is 12.8. The maximum atomic E-state index is 12.4. The minimum Gasteiger partial charge on any atom is -0.289 e. The first-order chi connectivity index (χ1) is 11.1. The number of hydrogen-bond donors (Lipinski definition) is 2. The summed E-state index contributed by atoms with van der Waals surface area (Å²) in [6.45, 7) is 4.01. The van der Waals surface area contributed by atoms with Crippen molar-refractivity contribution in [2.45, 2.75) is 13.8 Å². The summed E-state index contributed by atoms with van der Waals surface area (Å²) in [6.07, 6.45) is 1.64. The van der Waals surface area contributed by atoms with Crippen LogP contribution in [0, 0.1) is 13.8 Å². The van der Waals surface area contributed by atoms with Crippen LogP contribution in [0.25, 0.3) is 28.3 Å². The van der Waals surface area contributed by atoms with Crippen molar-refractivity contribution in [3.05, 3.63) is 64.1 Å². The van der Waals surface area contributed by atoms with Gasteiger partial charge >= 0.3 is 0 Å². The van der Waals surface area contributed by atoms with Crippen molar-refractivity contribution in [3.63, 3.8) is 0 Å². The van der Waals surface area contributed by atoms with Crippen molar-refractivity contribution in [2.75, 3.05) is 0 Å². The Morgan fingerprint density at radius 1 is 1.13 bits per heavy atom. The molecule has 0 radical (unpaired) electrons. The number of hydrogen-bond acceptors (Lipinski definition) is 3. The second-order valence-electron chi connectivity index (χ2n) is 5.59. The molecule has 6 heteroatoms. The molecule has 1 aromatic carbocycles. The zero-order valence-corrected chi connectivity index (χ0v) is 12.8. The molecule has 0 bridgehead atoms. The van der Waals surface area contributed by atoms with Crippen LogP contribution in [0.15, 0.2) is 47.4 Å². The highest BCUT2D eigenvalue weighted by Gasteiger charge is 2.14. The van der Waals surface area contributed by atoms with E-state index in [9.17, 15) is 4.79 Å². The molecule has 114 valence electrons. The molecule has 4 aromatic rings. The van der Waals surface area contributed by atoms with E-state index in [0.717, 1.165) is 22.5 Å². The molecule has 0 atom stereocenters. The maximum Gasteiger partial charge on any atom is 0.273 e. The zero-order chi connectivity index (χ0) is 16.0. The molecule has 6 nitrogen and oxygen atoms in total. The molecule has 0 spiro atoms. The molecule has 2 N–H and O–H groups in total. The van der Waals surface area contributed by atoms with E-state index in [1.165, 1.54) is 16.1 Å². The van der Waals surface area contributed by atoms with Crippen molar-refractivity contribution >= 4 is 5.65 Å². The van der Waals surface area contributed by atoms with E-state index in [4.69, 9.17) is 0 Å². The predicted octanol–water partition coefficient (Wildman–Crippen LogP) is 2.70. The number of fused-ring (bicyclic) bond motifs is 1. The number of H-pyrrole nitrogens is 2. The Morgan fingerprint density at radius 2 is 2.00 bits per heavy atom. The first-order valence-corrected chi connectivity index (χ1v) is 7.32. The standard InChI is InChI=1S/C17H15N5O/c1-10-4-3-5-12(8-10)16-11(2)17-19-14(13-6-7-18-20-13)9-15(23)22(17)21-16/h3-9,21H,1-2H3,(H,18,20). The van der Waals surface area contributed by atoms with Crippen molar-refractivity contribution in [2.24, 2.45) is 0 Å². The average Bonchev–Trinajstić information content (AvgIpc) is 3.16. The van der Waals surface area contributed by atoms with Crippen LogP contribution in [-0.4, -0.2) is 24.8 Å². The molecule has 3 aromatic heterocycles. The Hall–Kier alpha value is -3.15. The third kappa shape index (κ3) is 2.15. The summed E-state index contributed by atoms with van der Waals surface area (Å²) < 4.78 is 1.48. The lowest BCUT2D eigenvalue weighted by atomic mass is 10.1. The molecule has 0 saturated carbocycles. The Kier molecular flexibility index (Phi) is 2.90. The molecule has 23 heavy (non-hydrogen) atoms. The highest BCUT2D eigenvalue weighted by molar-refractivity contribution is 5.71. The van der Waals surface area contributed by atoms with Gasteiger partial charge in [-0.15, -0.1) is 0 Å². The van der Waals surface area contributed by atoms with Crippen LogP contribution in [-0.2, 0) is 0 Å².